The molecule has 0 saturated carbocycles. The van der Waals surface area contributed by atoms with Crippen molar-refractivity contribution >= 4 is 15.7 Å². The van der Waals surface area contributed by atoms with Crippen LogP contribution in [0.25, 0.3) is 0 Å². The Morgan fingerprint density at radius 2 is 2.21 bits per heavy atom. The van der Waals surface area contributed by atoms with Gasteiger partial charge in [-0.05, 0) is 19.4 Å². The molecule has 0 radical (unpaired) electrons. The zero-order valence-corrected chi connectivity index (χ0v) is 12.4. The van der Waals surface area contributed by atoms with E-state index in [1.807, 2.05) is 0 Å². The van der Waals surface area contributed by atoms with Crippen molar-refractivity contribution in [2.45, 2.75) is 19.8 Å². The number of piperidine rings is 1. The van der Waals surface area contributed by atoms with E-state index in [1.54, 1.807) is 6.92 Å². The summed E-state index contributed by atoms with van der Waals surface area (Å²) in [4.78, 5) is 13.9. The number of hydrogen-bond acceptors (Lipinski definition) is 5. The number of nitrogens with two attached hydrogens (primary N) is 1. The lowest BCUT2D eigenvalue weighted by atomic mass is 9.97. The van der Waals surface area contributed by atoms with Gasteiger partial charge in [0.25, 0.3) is 0 Å². The average molecular weight is 291 g/mol. The highest BCUT2D eigenvalue weighted by Gasteiger charge is 2.25. The van der Waals surface area contributed by atoms with Gasteiger partial charge in [0, 0.05) is 31.9 Å². The Bertz CT molecular complexity index is 384. The highest BCUT2D eigenvalue weighted by atomic mass is 32.2. The number of carbonyl (C=O) groups excluding carboxylic acids is 1. The van der Waals surface area contributed by atoms with Gasteiger partial charge in [0.1, 0.15) is 0 Å². The monoisotopic (exact) mass is 291 g/mol. The fraction of sp³-hybridized carbons (Fsp3) is 0.917. The van der Waals surface area contributed by atoms with Crippen molar-refractivity contribution in [1.29, 1.82) is 0 Å². The molecule has 0 bridgehead atoms. The lowest BCUT2D eigenvalue weighted by Gasteiger charge is -2.31. The molecule has 1 atom stereocenters. The van der Waals surface area contributed by atoms with E-state index < -0.39 is 9.84 Å². The first-order valence-corrected chi connectivity index (χ1v) is 8.71. The second-order valence-corrected chi connectivity index (χ2v) is 7.43. The lowest BCUT2D eigenvalue weighted by Crippen LogP contribution is -2.45. The Balaban J connectivity index is 2.39. The molecule has 0 aliphatic carbocycles. The molecule has 112 valence electrons. The second kappa shape index (κ2) is 7.81. The van der Waals surface area contributed by atoms with Crippen molar-refractivity contribution in [3.63, 3.8) is 0 Å². The predicted octanol–water partition coefficient (Wildman–Crippen LogP) is -0.792. The van der Waals surface area contributed by atoms with E-state index in [-0.39, 0.29) is 23.3 Å². The van der Waals surface area contributed by atoms with Crippen molar-refractivity contribution in [2.75, 3.05) is 44.2 Å². The molecule has 1 aliphatic heterocycles. The lowest BCUT2D eigenvalue weighted by molar-refractivity contribution is -0.126. The van der Waals surface area contributed by atoms with Gasteiger partial charge in [-0.15, -0.1) is 0 Å². The molecule has 7 heteroatoms. The average Bonchev–Trinajstić information content (AvgIpc) is 2.43. The minimum absolute atomic E-state index is 0.0356. The number of likely N-dealkylation sites (tertiary alicyclic amines) is 1. The van der Waals surface area contributed by atoms with E-state index in [2.05, 4.69) is 10.2 Å². The molecule has 1 fully saturated rings. The van der Waals surface area contributed by atoms with Gasteiger partial charge in [0.2, 0.25) is 5.91 Å². The Morgan fingerprint density at radius 1 is 1.47 bits per heavy atom. The molecule has 1 rings (SSSR count). The molecule has 1 amide bonds. The summed E-state index contributed by atoms with van der Waals surface area (Å²) in [6, 6.07) is 0. The highest BCUT2D eigenvalue weighted by molar-refractivity contribution is 7.91. The molecule has 0 aromatic heterocycles. The van der Waals surface area contributed by atoms with Crippen molar-refractivity contribution in [1.82, 2.24) is 10.2 Å². The van der Waals surface area contributed by atoms with Crippen LogP contribution in [0.1, 0.15) is 19.8 Å². The smallest absolute Gasteiger partial charge is 0.224 e. The number of sulfone groups is 1. The van der Waals surface area contributed by atoms with Gasteiger partial charge in [0.05, 0.1) is 11.7 Å². The van der Waals surface area contributed by atoms with Crippen LogP contribution in [0.2, 0.25) is 0 Å². The third-order valence-electron chi connectivity index (χ3n) is 3.48. The van der Waals surface area contributed by atoms with Crippen molar-refractivity contribution in [3.8, 4) is 0 Å². The van der Waals surface area contributed by atoms with Gasteiger partial charge in [-0.1, -0.05) is 6.92 Å². The standard InChI is InChI=1S/C12H25N3O3S/c1-2-19(17,18)9-8-15-7-3-4-11(10-15)12(16)14-6-5-13/h11H,2-10,13H2,1H3,(H,14,16). The Labute approximate surface area is 115 Å². The number of carbonyl (C=O) groups is 1. The highest BCUT2D eigenvalue weighted by Crippen LogP contribution is 2.16. The van der Waals surface area contributed by atoms with Gasteiger partial charge in [0.15, 0.2) is 9.84 Å². The molecule has 0 spiro atoms. The number of nitrogens with zero attached hydrogens (tertiary/aromatic N) is 1. The quantitative estimate of drug-likeness (QED) is 0.641. The summed E-state index contributed by atoms with van der Waals surface area (Å²) in [5.74, 6) is 0.361. The topological polar surface area (TPSA) is 92.5 Å². The van der Waals surface area contributed by atoms with Crippen LogP contribution in [0.3, 0.4) is 0 Å². The van der Waals surface area contributed by atoms with Gasteiger partial charge in [-0.25, -0.2) is 8.42 Å². The maximum Gasteiger partial charge on any atom is 0.224 e. The largest absolute Gasteiger partial charge is 0.355 e. The van der Waals surface area contributed by atoms with E-state index in [9.17, 15) is 13.2 Å². The van der Waals surface area contributed by atoms with E-state index in [1.165, 1.54) is 0 Å². The molecule has 1 aliphatic rings. The van der Waals surface area contributed by atoms with E-state index >= 15 is 0 Å². The zero-order chi connectivity index (χ0) is 14.3. The molecule has 0 aromatic carbocycles. The minimum atomic E-state index is -2.93. The van der Waals surface area contributed by atoms with E-state index in [0.717, 1.165) is 19.4 Å². The number of amides is 1. The minimum Gasteiger partial charge on any atom is -0.355 e. The predicted molar refractivity (Wildman–Crippen MR) is 75.6 cm³/mol. The molecular formula is C12H25N3O3S. The zero-order valence-electron chi connectivity index (χ0n) is 11.6. The van der Waals surface area contributed by atoms with Crippen LogP contribution in [-0.2, 0) is 14.6 Å². The molecule has 3 N–H and O–H groups in total. The Morgan fingerprint density at radius 3 is 2.84 bits per heavy atom. The summed E-state index contributed by atoms with van der Waals surface area (Å²) in [6.45, 7) is 4.65. The Kier molecular flexibility index (Phi) is 6.74. The third-order valence-corrected chi connectivity index (χ3v) is 5.16. The fourth-order valence-corrected chi connectivity index (χ4v) is 3.05. The van der Waals surface area contributed by atoms with Gasteiger partial charge < -0.3 is 16.0 Å². The summed E-state index contributed by atoms with van der Waals surface area (Å²) in [5, 5.41) is 2.80. The van der Waals surface area contributed by atoms with E-state index in [0.29, 0.717) is 26.2 Å². The van der Waals surface area contributed by atoms with Crippen LogP contribution in [0, 0.1) is 5.92 Å². The van der Waals surface area contributed by atoms with Crippen LogP contribution < -0.4 is 11.1 Å². The summed E-state index contributed by atoms with van der Waals surface area (Å²) in [6.07, 6.45) is 1.81. The fourth-order valence-electron chi connectivity index (χ4n) is 2.22. The third kappa shape index (κ3) is 5.88. The number of rotatable bonds is 7. The SMILES string of the molecule is CCS(=O)(=O)CCN1CCCC(C(=O)NCCN)C1. The number of nitrogens with one attached hydrogen (secondary N) is 1. The maximum atomic E-state index is 11.8. The summed E-state index contributed by atoms with van der Waals surface area (Å²) >= 11 is 0. The summed E-state index contributed by atoms with van der Waals surface area (Å²) in [7, 11) is -2.93. The second-order valence-electron chi connectivity index (χ2n) is 4.96. The van der Waals surface area contributed by atoms with Crippen molar-refractivity contribution in [2.24, 2.45) is 11.7 Å². The van der Waals surface area contributed by atoms with Crippen LogP contribution in [0.15, 0.2) is 0 Å². The van der Waals surface area contributed by atoms with Gasteiger partial charge >= 0.3 is 0 Å². The molecule has 6 nitrogen and oxygen atoms in total. The summed E-state index contributed by atoms with van der Waals surface area (Å²) < 4.78 is 23.0. The molecule has 1 heterocycles. The molecular weight excluding hydrogens is 266 g/mol. The van der Waals surface area contributed by atoms with Crippen LogP contribution in [-0.4, -0.2) is 63.5 Å². The number of hydrogen-bond donors (Lipinski definition) is 2. The summed E-state index contributed by atoms with van der Waals surface area (Å²) in [5.41, 5.74) is 5.35. The molecule has 0 aromatic rings. The van der Waals surface area contributed by atoms with Crippen LogP contribution >= 0.6 is 0 Å². The van der Waals surface area contributed by atoms with Crippen LogP contribution in [0.4, 0.5) is 0 Å². The van der Waals surface area contributed by atoms with Crippen molar-refractivity contribution < 1.29 is 13.2 Å². The van der Waals surface area contributed by atoms with E-state index in [4.69, 9.17) is 5.73 Å². The van der Waals surface area contributed by atoms with Crippen molar-refractivity contribution in [3.05, 3.63) is 0 Å². The van der Waals surface area contributed by atoms with Crippen LogP contribution in [0.5, 0.6) is 0 Å². The van der Waals surface area contributed by atoms with Gasteiger partial charge in [-0.2, -0.15) is 0 Å². The first kappa shape index (κ1) is 16.4. The normalized spacial score (nSPS) is 21.3. The molecule has 19 heavy (non-hydrogen) atoms. The Hall–Kier alpha value is -0.660. The van der Waals surface area contributed by atoms with Gasteiger partial charge in [-0.3, -0.25) is 4.79 Å². The molecule has 1 unspecified atom stereocenters. The first-order valence-electron chi connectivity index (χ1n) is 6.89. The maximum absolute atomic E-state index is 11.8. The molecule has 1 saturated heterocycles. The first-order chi connectivity index (χ1) is 8.98.